The van der Waals surface area contributed by atoms with E-state index in [0.29, 0.717) is 54.4 Å². The van der Waals surface area contributed by atoms with Crippen LogP contribution in [0.4, 0.5) is 4.39 Å². The number of fused-ring (bicyclic) bond motifs is 5. The third kappa shape index (κ3) is 3.30. The van der Waals surface area contributed by atoms with Crippen LogP contribution in [0.25, 0.3) is 17.1 Å². The number of ether oxygens (including phenoxy) is 2. The molecule has 10 heteroatoms. The van der Waals surface area contributed by atoms with Gasteiger partial charge in [0.1, 0.15) is 31.1 Å². The molecule has 0 bridgehead atoms. The van der Waals surface area contributed by atoms with Crippen molar-refractivity contribution in [3.05, 3.63) is 70.8 Å². The average Bonchev–Trinajstić information content (AvgIpc) is 3.55. The van der Waals surface area contributed by atoms with Crippen molar-refractivity contribution in [2.75, 3.05) is 13.7 Å². The third-order valence-electron chi connectivity index (χ3n) is 6.71. The lowest BCUT2D eigenvalue weighted by Gasteiger charge is -2.30. The van der Waals surface area contributed by atoms with Gasteiger partial charge in [-0.3, -0.25) is 4.57 Å². The Bertz CT molecular complexity index is 1390. The van der Waals surface area contributed by atoms with Crippen LogP contribution in [-0.2, 0) is 22.6 Å². The quantitative estimate of drug-likeness (QED) is 0.436. The van der Waals surface area contributed by atoms with Gasteiger partial charge in [0.25, 0.3) is 0 Å². The highest BCUT2D eigenvalue weighted by Gasteiger charge is 2.38. The number of aromatic nitrogens is 5. The average molecular weight is 481 g/mol. The van der Waals surface area contributed by atoms with E-state index < -0.39 is 0 Å². The molecule has 2 aromatic heterocycles. The van der Waals surface area contributed by atoms with Crippen molar-refractivity contribution in [1.82, 2.24) is 24.3 Å². The summed E-state index contributed by atoms with van der Waals surface area (Å²) in [5.41, 5.74) is 2.99. The molecule has 0 fully saturated rings. The maximum Gasteiger partial charge on any atom is 0.237 e. The summed E-state index contributed by atoms with van der Waals surface area (Å²) in [6.45, 7) is 3.26. The summed E-state index contributed by atoms with van der Waals surface area (Å²) in [5.74, 6) is 1.68. The summed E-state index contributed by atoms with van der Waals surface area (Å²) in [5, 5.41) is 9.38. The molecule has 34 heavy (non-hydrogen) atoms. The zero-order chi connectivity index (χ0) is 23.4. The summed E-state index contributed by atoms with van der Waals surface area (Å²) in [7, 11) is 1.63. The molecule has 4 heterocycles. The van der Waals surface area contributed by atoms with Gasteiger partial charge in [-0.1, -0.05) is 24.6 Å². The van der Waals surface area contributed by atoms with Crippen LogP contribution in [0, 0.1) is 5.41 Å². The van der Waals surface area contributed by atoms with Gasteiger partial charge >= 0.3 is 0 Å². The standard InChI is InChI=1S/C24H22ClFN6O2/c1-24(7-5-15(26)6-8-24)19-11-34-23(28-19)21-18-10-31-20(12-33-2)29-30-22(31)16-9-14(25)3-4-17(16)32(18)13-27-21/h3-7,9,13,19H,8,10-12H2,1-2H3/t19-,24?/m1/s1. The second kappa shape index (κ2) is 7.89. The van der Waals surface area contributed by atoms with Crippen LogP contribution >= 0.6 is 11.6 Å². The van der Waals surface area contributed by atoms with Gasteiger partial charge in [0, 0.05) is 23.1 Å². The SMILES string of the molecule is COCc1nnc2n1Cc1c(C3=N[C@@H](C4(C)C=CC(F)=CC4)CO3)ncn1-c1ccc(Cl)cc1-2. The number of nitrogens with zero attached hydrogens (tertiary/aromatic N) is 6. The molecule has 2 aliphatic heterocycles. The van der Waals surface area contributed by atoms with Crippen LogP contribution in [0.2, 0.25) is 5.02 Å². The van der Waals surface area contributed by atoms with Crippen molar-refractivity contribution in [3.63, 3.8) is 0 Å². The molecule has 3 aromatic rings. The van der Waals surface area contributed by atoms with Gasteiger partial charge < -0.3 is 14.0 Å². The van der Waals surface area contributed by atoms with E-state index in [1.165, 1.54) is 6.08 Å². The normalized spacial score (nSPS) is 22.9. The Hall–Kier alpha value is -3.30. The zero-order valence-electron chi connectivity index (χ0n) is 18.7. The largest absolute Gasteiger partial charge is 0.474 e. The van der Waals surface area contributed by atoms with Crippen LogP contribution < -0.4 is 0 Å². The summed E-state index contributed by atoms with van der Waals surface area (Å²) in [6, 6.07) is 5.54. The Labute approximate surface area is 200 Å². The first-order chi connectivity index (χ1) is 16.5. The van der Waals surface area contributed by atoms with Gasteiger partial charge in [-0.2, -0.15) is 0 Å². The highest BCUT2D eigenvalue weighted by molar-refractivity contribution is 6.31. The van der Waals surface area contributed by atoms with Crippen molar-refractivity contribution in [2.24, 2.45) is 10.4 Å². The van der Waals surface area contributed by atoms with Crippen molar-refractivity contribution < 1.29 is 13.9 Å². The Morgan fingerprint density at radius 2 is 2.21 bits per heavy atom. The second-order valence-corrected chi connectivity index (χ2v) is 9.36. The molecule has 1 unspecified atom stereocenters. The molecular weight excluding hydrogens is 459 g/mol. The molecular formula is C24H22ClFN6O2. The summed E-state index contributed by atoms with van der Waals surface area (Å²) in [6.07, 6.45) is 7.33. The lowest BCUT2D eigenvalue weighted by atomic mass is 9.77. The molecule has 1 aromatic carbocycles. The van der Waals surface area contributed by atoms with E-state index in [1.807, 2.05) is 33.4 Å². The van der Waals surface area contributed by atoms with Gasteiger partial charge in [0.15, 0.2) is 11.6 Å². The highest BCUT2D eigenvalue weighted by atomic mass is 35.5. The van der Waals surface area contributed by atoms with Crippen LogP contribution in [0.3, 0.4) is 0 Å². The highest BCUT2D eigenvalue weighted by Crippen LogP contribution is 2.39. The Kier molecular flexibility index (Phi) is 4.93. The first-order valence-electron chi connectivity index (χ1n) is 11.0. The van der Waals surface area contributed by atoms with E-state index >= 15 is 0 Å². The topological polar surface area (TPSA) is 79.3 Å². The van der Waals surface area contributed by atoms with Crippen molar-refractivity contribution in [3.8, 4) is 17.1 Å². The molecule has 0 saturated carbocycles. The van der Waals surface area contributed by atoms with Gasteiger partial charge in [0.05, 0.1) is 24.0 Å². The summed E-state index contributed by atoms with van der Waals surface area (Å²) in [4.78, 5) is 9.58. The van der Waals surface area contributed by atoms with E-state index in [2.05, 4.69) is 22.1 Å². The molecule has 6 rings (SSSR count). The summed E-state index contributed by atoms with van der Waals surface area (Å²) >= 11 is 6.33. The predicted octanol–water partition coefficient (Wildman–Crippen LogP) is 4.26. The van der Waals surface area contributed by atoms with Gasteiger partial charge in [0.2, 0.25) is 5.90 Å². The molecule has 0 N–H and O–H groups in total. The van der Waals surface area contributed by atoms with Gasteiger partial charge in [-0.05, 0) is 36.8 Å². The fraction of sp³-hybridized carbons (Fsp3) is 0.333. The molecule has 0 spiro atoms. The van der Waals surface area contributed by atoms with E-state index in [-0.39, 0.29) is 17.3 Å². The fourth-order valence-corrected chi connectivity index (χ4v) is 4.88. The second-order valence-electron chi connectivity index (χ2n) is 8.92. The molecule has 3 aliphatic rings. The van der Waals surface area contributed by atoms with Crippen molar-refractivity contribution >= 4 is 17.5 Å². The number of hydrogen-bond donors (Lipinski definition) is 0. The van der Waals surface area contributed by atoms with E-state index in [0.717, 1.165) is 16.9 Å². The smallest absolute Gasteiger partial charge is 0.237 e. The number of rotatable bonds is 4. The lowest BCUT2D eigenvalue weighted by Crippen LogP contribution is -2.30. The maximum atomic E-state index is 13.5. The first-order valence-corrected chi connectivity index (χ1v) is 11.4. The van der Waals surface area contributed by atoms with E-state index in [1.54, 1.807) is 19.5 Å². The zero-order valence-corrected chi connectivity index (χ0v) is 19.5. The Morgan fingerprint density at radius 3 is 3.00 bits per heavy atom. The molecule has 8 nitrogen and oxygen atoms in total. The number of methoxy groups -OCH3 is 1. The number of allylic oxidation sites excluding steroid dienone is 3. The number of halogens is 2. The number of hydrogen-bond acceptors (Lipinski definition) is 6. The van der Waals surface area contributed by atoms with Crippen molar-refractivity contribution in [1.29, 1.82) is 0 Å². The molecule has 2 atom stereocenters. The summed E-state index contributed by atoms with van der Waals surface area (Å²) < 4.78 is 29.0. The molecule has 174 valence electrons. The van der Waals surface area contributed by atoms with Crippen LogP contribution in [0.15, 0.2) is 53.6 Å². The van der Waals surface area contributed by atoms with Crippen molar-refractivity contribution in [2.45, 2.75) is 32.5 Å². The number of imidazole rings is 1. The minimum Gasteiger partial charge on any atom is -0.474 e. The fourth-order valence-electron chi connectivity index (χ4n) is 4.71. The minimum atomic E-state index is -0.315. The molecule has 0 saturated heterocycles. The van der Waals surface area contributed by atoms with Crippen LogP contribution in [0.5, 0.6) is 0 Å². The van der Waals surface area contributed by atoms with Gasteiger partial charge in [-0.25, -0.2) is 14.4 Å². The number of benzene rings is 1. The third-order valence-corrected chi connectivity index (χ3v) is 6.94. The lowest BCUT2D eigenvalue weighted by molar-refractivity contribution is 0.174. The van der Waals surface area contributed by atoms with Crippen LogP contribution in [-0.4, -0.2) is 50.0 Å². The first kappa shape index (κ1) is 21.2. The molecule has 0 amide bonds. The van der Waals surface area contributed by atoms with Crippen LogP contribution in [0.1, 0.15) is 30.6 Å². The van der Waals surface area contributed by atoms with E-state index in [9.17, 15) is 4.39 Å². The Balaban J connectivity index is 1.45. The monoisotopic (exact) mass is 480 g/mol. The van der Waals surface area contributed by atoms with Gasteiger partial charge in [-0.15, -0.1) is 10.2 Å². The van der Waals surface area contributed by atoms with E-state index in [4.69, 9.17) is 26.1 Å². The predicted molar refractivity (Wildman–Crippen MR) is 125 cm³/mol. The minimum absolute atomic E-state index is 0.133. The Morgan fingerprint density at radius 1 is 1.32 bits per heavy atom. The maximum absolute atomic E-state index is 13.5. The number of aliphatic imine (C=N–C) groups is 1. The molecule has 0 radical (unpaired) electrons. The molecule has 1 aliphatic carbocycles.